The van der Waals surface area contributed by atoms with Gasteiger partial charge in [0.2, 0.25) is 5.91 Å². The Balaban J connectivity index is 4.32. The lowest BCUT2D eigenvalue weighted by molar-refractivity contribution is -0.140. The Bertz CT molecular complexity index is 387. The number of rotatable bonds is 7. The van der Waals surface area contributed by atoms with Gasteiger partial charge in [0.05, 0.1) is 17.2 Å². The molecule has 2 atom stereocenters. The molecule has 2 N–H and O–H groups in total. The first kappa shape index (κ1) is 16.6. The van der Waals surface area contributed by atoms with Crippen LogP contribution in [0.5, 0.6) is 0 Å². The highest BCUT2D eigenvalue weighted by Gasteiger charge is 2.23. The molecule has 0 rings (SSSR count). The Labute approximate surface area is 109 Å². The molecule has 0 aromatic heterocycles. The summed E-state index contributed by atoms with van der Waals surface area (Å²) in [4.78, 5) is 21.6. The lowest BCUT2D eigenvalue weighted by Gasteiger charge is -2.16. The largest absolute Gasteiger partial charge is 0.480 e. The fourth-order valence-corrected chi connectivity index (χ4v) is 2.62. The van der Waals surface area contributed by atoms with E-state index in [1.165, 1.54) is 6.92 Å². The van der Waals surface area contributed by atoms with Gasteiger partial charge in [-0.05, 0) is 20.3 Å². The molecule has 0 spiro atoms. The van der Waals surface area contributed by atoms with Crippen molar-refractivity contribution in [3.05, 3.63) is 0 Å². The average Bonchev–Trinajstić information content (AvgIpc) is 2.25. The molecular formula is C11H18N2O4S. The number of nitriles is 1. The van der Waals surface area contributed by atoms with Crippen LogP contribution in [0.15, 0.2) is 0 Å². The van der Waals surface area contributed by atoms with Crippen molar-refractivity contribution < 1.29 is 18.9 Å². The van der Waals surface area contributed by atoms with E-state index in [1.807, 2.05) is 0 Å². The average molecular weight is 274 g/mol. The third-order valence-electron chi connectivity index (χ3n) is 2.29. The van der Waals surface area contributed by atoms with Crippen molar-refractivity contribution in [2.45, 2.75) is 33.2 Å². The Morgan fingerprint density at radius 2 is 2.06 bits per heavy atom. The lowest BCUT2D eigenvalue weighted by Crippen LogP contribution is -2.43. The summed E-state index contributed by atoms with van der Waals surface area (Å²) < 4.78 is 11.7. The summed E-state index contributed by atoms with van der Waals surface area (Å²) in [5, 5.41) is 19.9. The van der Waals surface area contributed by atoms with Gasteiger partial charge >= 0.3 is 5.97 Å². The van der Waals surface area contributed by atoms with E-state index in [9.17, 15) is 13.8 Å². The third-order valence-corrected chi connectivity index (χ3v) is 3.65. The molecule has 0 bridgehead atoms. The monoisotopic (exact) mass is 274 g/mol. The second-order valence-electron chi connectivity index (χ2n) is 4.65. The highest BCUT2D eigenvalue weighted by Crippen LogP contribution is 2.18. The predicted octanol–water partition coefficient (Wildman–Crippen LogP) is 0.264. The molecule has 7 heteroatoms. The number of carboxylic acids is 1. The van der Waals surface area contributed by atoms with Gasteiger partial charge < -0.3 is 10.4 Å². The molecule has 102 valence electrons. The van der Waals surface area contributed by atoms with Crippen molar-refractivity contribution in [3.63, 3.8) is 0 Å². The van der Waals surface area contributed by atoms with Crippen molar-refractivity contribution >= 4 is 22.7 Å². The van der Waals surface area contributed by atoms with Crippen LogP contribution < -0.4 is 5.32 Å². The fraction of sp³-hybridized carbons (Fsp3) is 0.727. The molecule has 0 radical (unpaired) electrons. The van der Waals surface area contributed by atoms with Crippen LogP contribution in [0.3, 0.4) is 0 Å². The molecular weight excluding hydrogens is 256 g/mol. The first-order valence-corrected chi connectivity index (χ1v) is 6.93. The number of amides is 1. The molecule has 0 aliphatic heterocycles. The molecule has 18 heavy (non-hydrogen) atoms. The standard InChI is InChI=1S/C11H18N2O4S/c1-8(14)13-9(10(15)16)6-18(17)5-4-11(2,3)7-12/h9H,4-6H2,1-3H3,(H,13,14)(H,15,16). The SMILES string of the molecule is CC(=O)NC(CS(=O)CCC(C)(C)C#N)C(=O)O. The Kier molecular flexibility index (Phi) is 6.55. The molecule has 0 aromatic rings. The minimum atomic E-state index is -1.38. The van der Waals surface area contributed by atoms with Crippen molar-refractivity contribution in [3.8, 4) is 6.07 Å². The van der Waals surface area contributed by atoms with Gasteiger partial charge in [0.15, 0.2) is 0 Å². The van der Waals surface area contributed by atoms with Crippen LogP contribution in [0.2, 0.25) is 0 Å². The van der Waals surface area contributed by atoms with Gasteiger partial charge in [0, 0.05) is 23.5 Å². The number of carboxylic acid groups (broad SMARTS) is 1. The van der Waals surface area contributed by atoms with Crippen LogP contribution in [-0.4, -0.2) is 38.7 Å². The summed E-state index contributed by atoms with van der Waals surface area (Å²) in [6.45, 7) is 4.66. The summed E-state index contributed by atoms with van der Waals surface area (Å²) in [7, 11) is -1.38. The van der Waals surface area contributed by atoms with Gasteiger partial charge in [-0.1, -0.05) is 0 Å². The van der Waals surface area contributed by atoms with E-state index < -0.39 is 34.1 Å². The van der Waals surface area contributed by atoms with E-state index in [1.54, 1.807) is 13.8 Å². The Morgan fingerprint density at radius 3 is 2.44 bits per heavy atom. The van der Waals surface area contributed by atoms with E-state index in [-0.39, 0.29) is 11.5 Å². The van der Waals surface area contributed by atoms with Crippen molar-refractivity contribution in [1.82, 2.24) is 5.32 Å². The fourth-order valence-electron chi connectivity index (χ4n) is 1.11. The molecule has 0 aliphatic carbocycles. The van der Waals surface area contributed by atoms with Crippen LogP contribution in [0.1, 0.15) is 27.2 Å². The normalized spacial score (nSPS) is 14.3. The second-order valence-corrected chi connectivity index (χ2v) is 6.27. The summed E-state index contributed by atoms with van der Waals surface area (Å²) in [5.74, 6) is -1.59. The zero-order chi connectivity index (χ0) is 14.3. The number of hydrogen-bond donors (Lipinski definition) is 2. The van der Waals surface area contributed by atoms with E-state index >= 15 is 0 Å². The quantitative estimate of drug-likeness (QED) is 0.692. The molecule has 0 aliphatic rings. The molecule has 6 nitrogen and oxygen atoms in total. The maximum atomic E-state index is 11.7. The van der Waals surface area contributed by atoms with Crippen LogP contribution in [-0.2, 0) is 20.4 Å². The van der Waals surface area contributed by atoms with Gasteiger partial charge in [-0.15, -0.1) is 0 Å². The summed E-state index contributed by atoms with van der Waals surface area (Å²) >= 11 is 0. The predicted molar refractivity (Wildman–Crippen MR) is 67.1 cm³/mol. The van der Waals surface area contributed by atoms with Gasteiger partial charge in [-0.25, -0.2) is 4.79 Å². The molecule has 0 saturated carbocycles. The number of aliphatic carboxylic acids is 1. The number of carbonyl (C=O) groups excluding carboxylic acids is 1. The first-order valence-electron chi connectivity index (χ1n) is 5.44. The van der Waals surface area contributed by atoms with E-state index in [2.05, 4.69) is 11.4 Å². The molecule has 0 heterocycles. The maximum absolute atomic E-state index is 11.7. The summed E-state index contributed by atoms with van der Waals surface area (Å²) in [6, 6.07) is 0.940. The summed E-state index contributed by atoms with van der Waals surface area (Å²) in [6.07, 6.45) is 0.419. The molecule has 1 amide bonds. The Morgan fingerprint density at radius 1 is 1.50 bits per heavy atom. The number of carbonyl (C=O) groups is 2. The smallest absolute Gasteiger partial charge is 0.327 e. The van der Waals surface area contributed by atoms with E-state index in [0.29, 0.717) is 6.42 Å². The maximum Gasteiger partial charge on any atom is 0.327 e. The summed E-state index contributed by atoms with van der Waals surface area (Å²) in [5.41, 5.74) is -0.581. The van der Waals surface area contributed by atoms with E-state index in [4.69, 9.17) is 10.4 Å². The molecule has 0 saturated heterocycles. The molecule has 0 fully saturated rings. The van der Waals surface area contributed by atoms with Crippen molar-refractivity contribution in [2.75, 3.05) is 11.5 Å². The number of nitrogens with zero attached hydrogens (tertiary/aromatic N) is 1. The highest BCUT2D eigenvalue weighted by molar-refractivity contribution is 7.85. The van der Waals surface area contributed by atoms with Gasteiger partial charge in [-0.2, -0.15) is 5.26 Å². The third kappa shape index (κ3) is 7.01. The second kappa shape index (κ2) is 7.11. The van der Waals surface area contributed by atoms with Crippen LogP contribution in [0.4, 0.5) is 0 Å². The van der Waals surface area contributed by atoms with Crippen LogP contribution >= 0.6 is 0 Å². The zero-order valence-electron chi connectivity index (χ0n) is 10.7. The van der Waals surface area contributed by atoms with Gasteiger partial charge in [0.25, 0.3) is 0 Å². The van der Waals surface area contributed by atoms with Crippen LogP contribution in [0.25, 0.3) is 0 Å². The minimum absolute atomic E-state index is 0.142. The Hall–Kier alpha value is -1.42. The first-order chi connectivity index (χ1) is 8.18. The van der Waals surface area contributed by atoms with Gasteiger partial charge in [0.1, 0.15) is 6.04 Å². The minimum Gasteiger partial charge on any atom is -0.480 e. The van der Waals surface area contributed by atoms with Crippen molar-refractivity contribution in [2.24, 2.45) is 5.41 Å². The molecule has 0 aromatic carbocycles. The van der Waals surface area contributed by atoms with Gasteiger partial charge in [-0.3, -0.25) is 9.00 Å². The highest BCUT2D eigenvalue weighted by atomic mass is 32.2. The number of nitrogens with one attached hydrogen (secondary N) is 1. The molecule has 2 unspecified atom stereocenters. The van der Waals surface area contributed by atoms with E-state index in [0.717, 1.165) is 0 Å². The lowest BCUT2D eigenvalue weighted by atomic mass is 9.93. The number of hydrogen-bond acceptors (Lipinski definition) is 4. The topological polar surface area (TPSA) is 107 Å². The van der Waals surface area contributed by atoms with Crippen molar-refractivity contribution in [1.29, 1.82) is 5.26 Å². The van der Waals surface area contributed by atoms with Crippen LogP contribution in [0, 0.1) is 16.7 Å². The zero-order valence-corrected chi connectivity index (χ0v) is 11.5.